The fourth-order valence-corrected chi connectivity index (χ4v) is 2.70. The van der Waals surface area contributed by atoms with Crippen molar-refractivity contribution < 1.29 is 0 Å². The minimum Gasteiger partial charge on any atom is -0.340 e. The molecule has 3 rings (SSSR count). The summed E-state index contributed by atoms with van der Waals surface area (Å²) in [4.78, 5) is 8.14. The van der Waals surface area contributed by atoms with E-state index in [0.717, 1.165) is 40.4 Å². The second-order valence-electron chi connectivity index (χ2n) is 5.02. The summed E-state index contributed by atoms with van der Waals surface area (Å²) in [5.41, 5.74) is 3.09. The second-order valence-corrected chi connectivity index (χ2v) is 5.42. The maximum atomic E-state index is 6.12. The van der Waals surface area contributed by atoms with Crippen LogP contribution in [0.15, 0.2) is 12.1 Å². The number of aromatic nitrogens is 2. The molecule has 1 atom stereocenters. The van der Waals surface area contributed by atoms with Gasteiger partial charge in [-0.05, 0) is 50.9 Å². The lowest BCUT2D eigenvalue weighted by molar-refractivity contribution is 0.412. The van der Waals surface area contributed by atoms with Crippen molar-refractivity contribution in [1.29, 1.82) is 0 Å². The van der Waals surface area contributed by atoms with Crippen LogP contribution in [0.2, 0.25) is 5.02 Å². The molecule has 1 saturated heterocycles. The SMILES string of the molecule is Cc1c(Cl)ccc2[nH]c([C@]3(C)CCCN3)nc12.Cl. The Bertz CT molecular complexity index is 571. The molecule has 1 aromatic carbocycles. The van der Waals surface area contributed by atoms with Gasteiger partial charge in [0.2, 0.25) is 0 Å². The van der Waals surface area contributed by atoms with E-state index in [1.807, 2.05) is 19.1 Å². The van der Waals surface area contributed by atoms with Crippen LogP contribution in [-0.2, 0) is 5.54 Å². The first-order chi connectivity index (χ1) is 8.10. The summed E-state index contributed by atoms with van der Waals surface area (Å²) in [7, 11) is 0. The fraction of sp³-hybridized carbons (Fsp3) is 0.462. The van der Waals surface area contributed by atoms with Crippen molar-refractivity contribution in [2.24, 2.45) is 0 Å². The number of rotatable bonds is 1. The monoisotopic (exact) mass is 285 g/mol. The van der Waals surface area contributed by atoms with Gasteiger partial charge < -0.3 is 10.3 Å². The summed E-state index contributed by atoms with van der Waals surface area (Å²) in [5.74, 6) is 1.02. The number of imidazole rings is 1. The highest BCUT2D eigenvalue weighted by atomic mass is 35.5. The number of aryl methyl sites for hydroxylation is 1. The second kappa shape index (κ2) is 4.72. The first-order valence-corrected chi connectivity index (χ1v) is 6.38. The summed E-state index contributed by atoms with van der Waals surface area (Å²) < 4.78 is 0. The van der Waals surface area contributed by atoms with Gasteiger partial charge in [0.05, 0.1) is 16.6 Å². The quantitative estimate of drug-likeness (QED) is 0.841. The highest BCUT2D eigenvalue weighted by Gasteiger charge is 2.33. The molecule has 98 valence electrons. The van der Waals surface area contributed by atoms with Crippen molar-refractivity contribution in [3.8, 4) is 0 Å². The predicted octanol–water partition coefficient (Wildman–Crippen LogP) is 3.55. The van der Waals surface area contributed by atoms with Gasteiger partial charge in [0.1, 0.15) is 5.82 Å². The van der Waals surface area contributed by atoms with Gasteiger partial charge in [-0.25, -0.2) is 4.98 Å². The third kappa shape index (κ3) is 2.00. The van der Waals surface area contributed by atoms with Crippen molar-refractivity contribution in [2.45, 2.75) is 32.2 Å². The molecular formula is C13H17Cl2N3. The highest BCUT2D eigenvalue weighted by Crippen LogP contribution is 2.31. The van der Waals surface area contributed by atoms with Gasteiger partial charge >= 0.3 is 0 Å². The third-order valence-electron chi connectivity index (χ3n) is 3.73. The smallest absolute Gasteiger partial charge is 0.127 e. The third-order valence-corrected chi connectivity index (χ3v) is 4.14. The number of aromatic amines is 1. The lowest BCUT2D eigenvalue weighted by Gasteiger charge is -2.21. The van der Waals surface area contributed by atoms with Crippen molar-refractivity contribution in [1.82, 2.24) is 15.3 Å². The van der Waals surface area contributed by atoms with E-state index in [-0.39, 0.29) is 17.9 Å². The Labute approximate surface area is 118 Å². The number of nitrogens with one attached hydrogen (secondary N) is 2. The van der Waals surface area contributed by atoms with E-state index in [9.17, 15) is 0 Å². The maximum absolute atomic E-state index is 6.12. The van der Waals surface area contributed by atoms with Crippen LogP contribution in [0.1, 0.15) is 31.2 Å². The molecule has 0 radical (unpaired) electrons. The van der Waals surface area contributed by atoms with Crippen LogP contribution >= 0.6 is 24.0 Å². The Morgan fingerprint density at radius 2 is 2.17 bits per heavy atom. The largest absolute Gasteiger partial charge is 0.340 e. The molecule has 2 N–H and O–H groups in total. The molecule has 18 heavy (non-hydrogen) atoms. The lowest BCUT2D eigenvalue weighted by Crippen LogP contribution is -2.34. The first-order valence-electron chi connectivity index (χ1n) is 6.00. The zero-order valence-electron chi connectivity index (χ0n) is 10.5. The number of hydrogen-bond acceptors (Lipinski definition) is 2. The molecule has 1 aromatic heterocycles. The molecule has 0 aliphatic carbocycles. The van der Waals surface area contributed by atoms with Gasteiger partial charge in [-0.2, -0.15) is 0 Å². The molecule has 0 saturated carbocycles. The zero-order chi connectivity index (χ0) is 12.0. The molecule has 2 heterocycles. The van der Waals surface area contributed by atoms with Gasteiger partial charge in [-0.1, -0.05) is 11.6 Å². The number of H-pyrrole nitrogens is 1. The van der Waals surface area contributed by atoms with Gasteiger partial charge in [0.25, 0.3) is 0 Å². The van der Waals surface area contributed by atoms with Crippen molar-refractivity contribution in [2.75, 3.05) is 6.54 Å². The molecule has 0 bridgehead atoms. The first kappa shape index (κ1) is 13.7. The topological polar surface area (TPSA) is 40.7 Å². The molecule has 0 unspecified atom stereocenters. The van der Waals surface area contributed by atoms with E-state index in [0.29, 0.717) is 0 Å². The van der Waals surface area contributed by atoms with E-state index >= 15 is 0 Å². The normalized spacial score (nSPS) is 23.3. The molecule has 3 nitrogen and oxygen atoms in total. The number of benzene rings is 1. The molecule has 5 heteroatoms. The molecular weight excluding hydrogens is 269 g/mol. The molecule has 2 aromatic rings. The number of nitrogens with zero attached hydrogens (tertiary/aromatic N) is 1. The van der Waals surface area contributed by atoms with Gasteiger partial charge in [-0.3, -0.25) is 0 Å². The highest BCUT2D eigenvalue weighted by molar-refractivity contribution is 6.32. The standard InChI is InChI=1S/C13H16ClN3.ClH/c1-8-9(14)4-5-10-11(8)17-12(16-10)13(2)6-3-7-15-13;/h4-5,15H,3,6-7H2,1-2H3,(H,16,17);1H/t13-;/m0./s1. The molecule has 1 aliphatic heterocycles. The van der Waals surface area contributed by atoms with E-state index in [1.165, 1.54) is 6.42 Å². The Morgan fingerprint density at radius 1 is 1.39 bits per heavy atom. The molecule has 0 spiro atoms. The molecule has 0 amide bonds. The van der Waals surface area contributed by atoms with Gasteiger partial charge in [-0.15, -0.1) is 12.4 Å². The lowest BCUT2D eigenvalue weighted by atomic mass is 10.00. The van der Waals surface area contributed by atoms with Crippen LogP contribution < -0.4 is 5.32 Å². The van der Waals surface area contributed by atoms with E-state index < -0.39 is 0 Å². The van der Waals surface area contributed by atoms with Crippen LogP contribution in [0.4, 0.5) is 0 Å². The van der Waals surface area contributed by atoms with E-state index in [1.54, 1.807) is 0 Å². The van der Waals surface area contributed by atoms with Gasteiger partial charge in [0, 0.05) is 5.02 Å². The molecule has 1 fully saturated rings. The average Bonchev–Trinajstić information content (AvgIpc) is 2.91. The number of fused-ring (bicyclic) bond motifs is 1. The summed E-state index contributed by atoms with van der Waals surface area (Å²) in [5, 5.41) is 4.30. The van der Waals surface area contributed by atoms with Gasteiger partial charge in [0.15, 0.2) is 0 Å². The Kier molecular flexibility index (Phi) is 3.58. The number of hydrogen-bond donors (Lipinski definition) is 2. The van der Waals surface area contributed by atoms with Crippen LogP contribution in [0.5, 0.6) is 0 Å². The minimum atomic E-state index is -0.0159. The summed E-state index contributed by atoms with van der Waals surface area (Å²) in [6, 6.07) is 3.92. The van der Waals surface area contributed by atoms with Crippen LogP contribution in [0, 0.1) is 6.92 Å². The summed E-state index contributed by atoms with van der Waals surface area (Å²) >= 11 is 6.12. The fourth-order valence-electron chi connectivity index (χ4n) is 2.55. The Morgan fingerprint density at radius 3 is 2.83 bits per heavy atom. The van der Waals surface area contributed by atoms with Crippen LogP contribution in [0.3, 0.4) is 0 Å². The minimum absolute atomic E-state index is 0. The average molecular weight is 286 g/mol. The van der Waals surface area contributed by atoms with Crippen LogP contribution in [0.25, 0.3) is 11.0 Å². The molecule has 1 aliphatic rings. The van der Waals surface area contributed by atoms with E-state index in [2.05, 4.69) is 17.2 Å². The number of halogens is 2. The Balaban J connectivity index is 0.00000120. The Hall–Kier alpha value is -0.770. The summed E-state index contributed by atoms with van der Waals surface area (Å²) in [6.45, 7) is 5.28. The van der Waals surface area contributed by atoms with Crippen molar-refractivity contribution in [3.05, 3.63) is 28.5 Å². The summed E-state index contributed by atoms with van der Waals surface area (Å²) in [6.07, 6.45) is 2.33. The van der Waals surface area contributed by atoms with E-state index in [4.69, 9.17) is 16.6 Å². The predicted molar refractivity (Wildman–Crippen MR) is 77.7 cm³/mol. The van der Waals surface area contributed by atoms with Crippen molar-refractivity contribution in [3.63, 3.8) is 0 Å². The van der Waals surface area contributed by atoms with Crippen LogP contribution in [-0.4, -0.2) is 16.5 Å². The zero-order valence-corrected chi connectivity index (χ0v) is 12.1. The maximum Gasteiger partial charge on any atom is 0.127 e. The van der Waals surface area contributed by atoms with Crippen molar-refractivity contribution >= 4 is 35.0 Å².